The minimum Gasteiger partial charge on any atom is -0.307 e. The second-order valence-electron chi connectivity index (χ2n) is 6.60. The van der Waals surface area contributed by atoms with Crippen LogP contribution in [0.3, 0.4) is 0 Å². The minimum atomic E-state index is -1.53. The third kappa shape index (κ3) is 3.51. The van der Waals surface area contributed by atoms with Crippen LogP contribution in [-0.2, 0) is 0 Å². The van der Waals surface area contributed by atoms with Gasteiger partial charge in [0.25, 0.3) is 0 Å². The fourth-order valence-corrected chi connectivity index (χ4v) is 3.38. The first-order chi connectivity index (χ1) is 11.0. The van der Waals surface area contributed by atoms with Crippen LogP contribution in [0.4, 0.5) is 17.6 Å². The molecule has 0 amide bonds. The van der Waals surface area contributed by atoms with Gasteiger partial charge in [-0.3, -0.25) is 0 Å². The van der Waals surface area contributed by atoms with Gasteiger partial charge in [-0.25, -0.2) is 17.6 Å². The first kappa shape index (κ1) is 16.7. The van der Waals surface area contributed by atoms with E-state index in [4.69, 9.17) is 0 Å². The number of alkyl halides is 1. The largest absolute Gasteiger partial charge is 0.307 e. The van der Waals surface area contributed by atoms with Crippen LogP contribution in [0.15, 0.2) is 12.1 Å². The molecule has 3 nitrogen and oxygen atoms in total. The van der Waals surface area contributed by atoms with E-state index in [-0.39, 0.29) is 24.1 Å². The number of hydrogen-bond donors (Lipinski definition) is 3. The Morgan fingerprint density at radius 1 is 0.957 bits per heavy atom. The maximum Gasteiger partial charge on any atom is 0.194 e. The fourth-order valence-electron chi connectivity index (χ4n) is 3.38. The number of halogens is 4. The van der Waals surface area contributed by atoms with Crippen LogP contribution in [0.25, 0.3) is 0 Å². The normalized spacial score (nSPS) is 35.3. The quantitative estimate of drug-likeness (QED) is 0.575. The predicted octanol–water partition coefficient (Wildman–Crippen LogP) is 2.25. The molecule has 2 aliphatic heterocycles. The van der Waals surface area contributed by atoms with Gasteiger partial charge < -0.3 is 16.0 Å². The van der Waals surface area contributed by atoms with Gasteiger partial charge in [0.05, 0.1) is 12.2 Å². The van der Waals surface area contributed by atoms with Crippen molar-refractivity contribution in [3.63, 3.8) is 0 Å². The molecule has 2 heterocycles. The van der Waals surface area contributed by atoms with Crippen LogP contribution in [0, 0.1) is 29.3 Å². The van der Waals surface area contributed by atoms with E-state index in [1.165, 1.54) is 0 Å². The Hall–Kier alpha value is -1.18. The first-order valence-corrected chi connectivity index (χ1v) is 7.94. The number of hydrogen-bond acceptors (Lipinski definition) is 3. The predicted molar refractivity (Wildman–Crippen MR) is 79.0 cm³/mol. The second-order valence-corrected chi connectivity index (χ2v) is 6.60. The number of rotatable bonds is 2. The zero-order valence-corrected chi connectivity index (χ0v) is 12.9. The van der Waals surface area contributed by atoms with Crippen molar-refractivity contribution in [1.82, 2.24) is 16.0 Å². The summed E-state index contributed by atoms with van der Waals surface area (Å²) in [5.74, 6) is -3.53. The molecule has 0 spiro atoms. The lowest BCUT2D eigenvalue weighted by Gasteiger charge is -2.40. The Morgan fingerprint density at radius 3 is 2.13 bits per heavy atom. The Kier molecular flexibility index (Phi) is 4.89. The fraction of sp³-hybridized carbons (Fsp3) is 0.625. The minimum absolute atomic E-state index is 0.0274. The van der Waals surface area contributed by atoms with Gasteiger partial charge >= 0.3 is 0 Å². The van der Waals surface area contributed by atoms with Crippen LogP contribution < -0.4 is 16.0 Å². The molecule has 3 rings (SSSR count). The maximum absolute atomic E-state index is 14.5. The molecule has 7 heteroatoms. The SMILES string of the molecule is CC1CNC(C2CNC(c3cc(F)c(F)c(F)c3)C(F)C2)NC1. The molecule has 2 saturated heterocycles. The topological polar surface area (TPSA) is 36.1 Å². The van der Waals surface area contributed by atoms with E-state index in [2.05, 4.69) is 22.9 Å². The van der Waals surface area contributed by atoms with Crippen molar-refractivity contribution in [2.75, 3.05) is 19.6 Å². The molecule has 0 aromatic heterocycles. The molecule has 0 bridgehead atoms. The molecule has 1 aromatic carbocycles. The number of benzene rings is 1. The molecule has 3 atom stereocenters. The zero-order chi connectivity index (χ0) is 16.6. The summed E-state index contributed by atoms with van der Waals surface area (Å²) < 4.78 is 54.2. The van der Waals surface area contributed by atoms with Crippen LogP contribution in [-0.4, -0.2) is 32.0 Å². The zero-order valence-electron chi connectivity index (χ0n) is 12.9. The van der Waals surface area contributed by atoms with Crippen LogP contribution in [0.2, 0.25) is 0 Å². The van der Waals surface area contributed by atoms with Crippen molar-refractivity contribution in [3.8, 4) is 0 Å². The van der Waals surface area contributed by atoms with Gasteiger partial charge in [-0.2, -0.15) is 0 Å². The van der Waals surface area contributed by atoms with Gasteiger partial charge in [0.15, 0.2) is 17.5 Å². The highest BCUT2D eigenvalue weighted by Gasteiger charge is 2.36. The third-order valence-electron chi connectivity index (χ3n) is 4.70. The molecular formula is C16H21F4N3. The van der Waals surface area contributed by atoms with Crippen molar-refractivity contribution in [2.24, 2.45) is 11.8 Å². The van der Waals surface area contributed by atoms with Crippen molar-refractivity contribution < 1.29 is 17.6 Å². The molecule has 2 fully saturated rings. The summed E-state index contributed by atoms with van der Waals surface area (Å²) in [5, 5.41) is 9.71. The number of piperidine rings is 1. The van der Waals surface area contributed by atoms with Gasteiger partial charge in [-0.05, 0) is 30.0 Å². The smallest absolute Gasteiger partial charge is 0.194 e. The van der Waals surface area contributed by atoms with Crippen LogP contribution in [0.5, 0.6) is 0 Å². The van der Waals surface area contributed by atoms with Crippen molar-refractivity contribution >= 4 is 0 Å². The lowest BCUT2D eigenvalue weighted by molar-refractivity contribution is 0.113. The Labute approximate surface area is 132 Å². The van der Waals surface area contributed by atoms with E-state index in [0.29, 0.717) is 12.5 Å². The van der Waals surface area contributed by atoms with Gasteiger partial charge in [0, 0.05) is 25.6 Å². The molecule has 0 aliphatic carbocycles. The molecule has 128 valence electrons. The summed E-state index contributed by atoms with van der Waals surface area (Å²) in [5.41, 5.74) is 0.102. The van der Waals surface area contributed by atoms with Crippen molar-refractivity contribution in [2.45, 2.75) is 31.7 Å². The van der Waals surface area contributed by atoms with Gasteiger partial charge in [-0.15, -0.1) is 0 Å². The van der Waals surface area contributed by atoms with E-state index in [1.54, 1.807) is 0 Å². The van der Waals surface area contributed by atoms with E-state index in [0.717, 1.165) is 25.2 Å². The summed E-state index contributed by atoms with van der Waals surface area (Å²) in [6.07, 6.45) is -0.988. The maximum atomic E-state index is 14.5. The summed E-state index contributed by atoms with van der Waals surface area (Å²) >= 11 is 0. The van der Waals surface area contributed by atoms with Gasteiger partial charge in [0.1, 0.15) is 6.17 Å². The summed E-state index contributed by atoms with van der Waals surface area (Å²) in [4.78, 5) is 0. The molecule has 3 N–H and O–H groups in total. The highest BCUT2D eigenvalue weighted by molar-refractivity contribution is 5.24. The Morgan fingerprint density at radius 2 is 1.57 bits per heavy atom. The lowest BCUT2D eigenvalue weighted by Crippen LogP contribution is -2.59. The second kappa shape index (κ2) is 6.75. The van der Waals surface area contributed by atoms with Crippen LogP contribution >= 0.6 is 0 Å². The van der Waals surface area contributed by atoms with E-state index < -0.39 is 29.7 Å². The molecule has 23 heavy (non-hydrogen) atoms. The van der Waals surface area contributed by atoms with Crippen molar-refractivity contribution in [1.29, 1.82) is 0 Å². The summed E-state index contributed by atoms with van der Waals surface area (Å²) in [6, 6.07) is 0.905. The van der Waals surface area contributed by atoms with Crippen molar-refractivity contribution in [3.05, 3.63) is 35.1 Å². The summed E-state index contributed by atoms with van der Waals surface area (Å²) in [6.45, 7) is 4.40. The van der Waals surface area contributed by atoms with E-state index >= 15 is 0 Å². The molecule has 0 saturated carbocycles. The molecular weight excluding hydrogens is 310 g/mol. The number of nitrogens with one attached hydrogen (secondary N) is 3. The Balaban J connectivity index is 1.67. The molecule has 3 unspecified atom stereocenters. The average molecular weight is 331 g/mol. The summed E-state index contributed by atoms with van der Waals surface area (Å²) in [7, 11) is 0. The standard InChI is InChI=1S/C16H21F4N3/c1-8-5-22-16(23-6-8)10-4-13(19)15(21-7-10)9-2-11(17)14(20)12(18)3-9/h2-3,8,10,13,15-16,21-23H,4-7H2,1H3. The Bertz CT molecular complexity index is 537. The third-order valence-corrected chi connectivity index (χ3v) is 4.70. The van der Waals surface area contributed by atoms with E-state index in [9.17, 15) is 17.6 Å². The molecule has 2 aliphatic rings. The highest BCUT2D eigenvalue weighted by Crippen LogP contribution is 2.31. The lowest BCUT2D eigenvalue weighted by atomic mass is 9.86. The monoisotopic (exact) mass is 331 g/mol. The molecule has 1 aromatic rings. The van der Waals surface area contributed by atoms with Gasteiger partial charge in [-0.1, -0.05) is 6.92 Å². The van der Waals surface area contributed by atoms with Crippen LogP contribution in [0.1, 0.15) is 24.9 Å². The van der Waals surface area contributed by atoms with Gasteiger partial charge in [0.2, 0.25) is 0 Å². The van der Waals surface area contributed by atoms with E-state index in [1.807, 2.05) is 0 Å². The highest BCUT2D eigenvalue weighted by atomic mass is 19.2. The average Bonchev–Trinajstić information content (AvgIpc) is 2.53. The first-order valence-electron chi connectivity index (χ1n) is 7.94. The molecule has 0 radical (unpaired) electrons.